The molecule has 6 nitrogen and oxygen atoms in total. The number of piperidine rings is 1. The Morgan fingerprint density at radius 2 is 1.92 bits per heavy atom. The highest BCUT2D eigenvalue weighted by Crippen LogP contribution is 2.14. The van der Waals surface area contributed by atoms with E-state index in [1.54, 1.807) is 7.11 Å². The molecule has 0 bridgehead atoms. The molecule has 0 radical (unpaired) electrons. The summed E-state index contributed by atoms with van der Waals surface area (Å²) >= 11 is 0. The van der Waals surface area contributed by atoms with Crippen LogP contribution in [0.3, 0.4) is 0 Å². The van der Waals surface area contributed by atoms with E-state index in [9.17, 15) is 5.11 Å². The Kier molecular flexibility index (Phi) is 10.3. The summed E-state index contributed by atoms with van der Waals surface area (Å²) in [4.78, 5) is 6.75. The van der Waals surface area contributed by atoms with Gasteiger partial charge >= 0.3 is 0 Å². The number of likely N-dealkylation sites (tertiary alicyclic amines) is 1. The van der Waals surface area contributed by atoms with Gasteiger partial charge in [-0.05, 0) is 30.9 Å². The number of benzene rings is 1. The topological polar surface area (TPSA) is 83.1 Å². The third-order valence-corrected chi connectivity index (χ3v) is 4.23. The lowest BCUT2D eigenvalue weighted by atomic mass is 10.1. The van der Waals surface area contributed by atoms with Crippen LogP contribution in [-0.2, 0) is 17.8 Å². The van der Waals surface area contributed by atoms with Crippen molar-refractivity contribution in [1.29, 1.82) is 0 Å². The van der Waals surface area contributed by atoms with Gasteiger partial charge in [0.2, 0.25) is 0 Å². The Balaban J connectivity index is 0.00000312. The monoisotopic (exact) mass is 462 g/mol. The number of aliphatic hydroxyl groups is 1. The van der Waals surface area contributed by atoms with Crippen LogP contribution in [0, 0.1) is 0 Å². The van der Waals surface area contributed by atoms with Crippen LogP contribution in [0.2, 0.25) is 0 Å². The van der Waals surface area contributed by atoms with E-state index in [0.29, 0.717) is 19.1 Å². The Morgan fingerprint density at radius 3 is 2.52 bits per heavy atom. The summed E-state index contributed by atoms with van der Waals surface area (Å²) in [6.45, 7) is 6.03. The Labute approximate surface area is 167 Å². The SMILES string of the molecule is COCC(C)NC(N)=NCc1ccc(CN2CCC(O)CC2)cc1.I. The number of aliphatic hydroxyl groups excluding tert-OH is 1. The van der Waals surface area contributed by atoms with Crippen molar-refractivity contribution >= 4 is 29.9 Å². The van der Waals surface area contributed by atoms with Crippen molar-refractivity contribution < 1.29 is 9.84 Å². The number of methoxy groups -OCH3 is 1. The van der Waals surface area contributed by atoms with Crippen LogP contribution in [0.5, 0.6) is 0 Å². The molecular formula is C18H31IN4O2. The molecule has 0 aliphatic carbocycles. The van der Waals surface area contributed by atoms with Gasteiger partial charge in [-0.15, -0.1) is 24.0 Å². The van der Waals surface area contributed by atoms with E-state index in [2.05, 4.69) is 39.5 Å². The van der Waals surface area contributed by atoms with Gasteiger partial charge < -0.3 is 20.9 Å². The first kappa shape index (κ1) is 22.1. The number of guanidine groups is 1. The largest absolute Gasteiger partial charge is 0.393 e. The minimum absolute atomic E-state index is 0. The summed E-state index contributed by atoms with van der Waals surface area (Å²) in [6.07, 6.45) is 1.63. The zero-order valence-electron chi connectivity index (χ0n) is 15.1. The smallest absolute Gasteiger partial charge is 0.189 e. The van der Waals surface area contributed by atoms with Gasteiger partial charge in [0.05, 0.1) is 19.3 Å². The quantitative estimate of drug-likeness (QED) is 0.327. The fourth-order valence-corrected chi connectivity index (χ4v) is 2.85. The molecule has 2 rings (SSSR count). The van der Waals surface area contributed by atoms with Crippen molar-refractivity contribution in [2.24, 2.45) is 10.7 Å². The molecule has 142 valence electrons. The average molecular weight is 462 g/mol. The molecule has 4 N–H and O–H groups in total. The van der Waals surface area contributed by atoms with Crippen molar-refractivity contribution in [3.05, 3.63) is 35.4 Å². The van der Waals surface area contributed by atoms with Gasteiger partial charge in [-0.2, -0.15) is 0 Å². The second-order valence-corrected chi connectivity index (χ2v) is 6.53. The zero-order valence-corrected chi connectivity index (χ0v) is 17.5. The van der Waals surface area contributed by atoms with Gasteiger partial charge in [0.15, 0.2) is 5.96 Å². The number of hydrogen-bond acceptors (Lipinski definition) is 4. The molecule has 1 aliphatic heterocycles. The van der Waals surface area contributed by atoms with Crippen molar-refractivity contribution in [2.75, 3.05) is 26.8 Å². The van der Waals surface area contributed by atoms with E-state index in [1.165, 1.54) is 5.56 Å². The third-order valence-electron chi connectivity index (χ3n) is 4.23. The maximum atomic E-state index is 9.56. The highest BCUT2D eigenvalue weighted by Gasteiger charge is 2.16. The second kappa shape index (κ2) is 11.7. The van der Waals surface area contributed by atoms with Crippen molar-refractivity contribution in [3.8, 4) is 0 Å². The lowest BCUT2D eigenvalue weighted by molar-refractivity contribution is 0.0792. The van der Waals surface area contributed by atoms with Crippen LogP contribution >= 0.6 is 24.0 Å². The van der Waals surface area contributed by atoms with Crippen molar-refractivity contribution in [2.45, 2.75) is 45.0 Å². The molecule has 1 unspecified atom stereocenters. The van der Waals surface area contributed by atoms with Crippen LogP contribution in [0.25, 0.3) is 0 Å². The Morgan fingerprint density at radius 1 is 1.32 bits per heavy atom. The first-order valence-electron chi connectivity index (χ1n) is 8.60. The molecule has 0 aromatic heterocycles. The van der Waals surface area contributed by atoms with E-state index in [-0.39, 0.29) is 36.1 Å². The Hall–Kier alpha value is -0.900. The van der Waals surface area contributed by atoms with Gasteiger partial charge in [0, 0.05) is 32.8 Å². The molecule has 1 atom stereocenters. The average Bonchev–Trinajstić information content (AvgIpc) is 2.56. The molecule has 1 fully saturated rings. The maximum Gasteiger partial charge on any atom is 0.189 e. The number of halogens is 1. The zero-order chi connectivity index (χ0) is 17.4. The van der Waals surface area contributed by atoms with Crippen LogP contribution in [-0.4, -0.2) is 54.9 Å². The van der Waals surface area contributed by atoms with E-state index in [4.69, 9.17) is 10.5 Å². The second-order valence-electron chi connectivity index (χ2n) is 6.53. The van der Waals surface area contributed by atoms with Crippen LogP contribution in [0.15, 0.2) is 29.3 Å². The predicted molar refractivity (Wildman–Crippen MR) is 112 cm³/mol. The number of rotatable bonds is 7. The molecule has 0 amide bonds. The van der Waals surface area contributed by atoms with E-state index < -0.39 is 0 Å². The molecule has 1 saturated heterocycles. The van der Waals surface area contributed by atoms with Gasteiger partial charge in [0.1, 0.15) is 0 Å². The first-order valence-corrected chi connectivity index (χ1v) is 8.60. The molecule has 0 spiro atoms. The van der Waals surface area contributed by atoms with Gasteiger partial charge in [-0.3, -0.25) is 4.90 Å². The lowest BCUT2D eigenvalue weighted by Gasteiger charge is -2.29. The lowest BCUT2D eigenvalue weighted by Crippen LogP contribution is -2.40. The minimum Gasteiger partial charge on any atom is -0.393 e. The summed E-state index contributed by atoms with van der Waals surface area (Å²) in [5.41, 5.74) is 8.30. The predicted octanol–water partition coefficient (Wildman–Crippen LogP) is 1.70. The highest BCUT2D eigenvalue weighted by atomic mass is 127. The standard InChI is InChI=1S/C18H30N4O2.HI/c1-14(13-24-2)21-18(19)20-11-15-3-5-16(6-4-15)12-22-9-7-17(23)8-10-22;/h3-6,14,17,23H,7-13H2,1-2H3,(H3,19,20,21);1H. The number of hydrogen-bond donors (Lipinski definition) is 3. The fourth-order valence-electron chi connectivity index (χ4n) is 2.85. The summed E-state index contributed by atoms with van der Waals surface area (Å²) < 4.78 is 5.06. The molecule has 1 heterocycles. The maximum absolute atomic E-state index is 9.56. The number of aliphatic imine (C=N–C) groups is 1. The van der Waals surface area contributed by atoms with E-state index in [0.717, 1.165) is 38.0 Å². The number of nitrogens with zero attached hydrogens (tertiary/aromatic N) is 2. The van der Waals surface area contributed by atoms with Crippen molar-refractivity contribution in [1.82, 2.24) is 10.2 Å². The number of ether oxygens (including phenoxy) is 1. The van der Waals surface area contributed by atoms with Crippen LogP contribution in [0.4, 0.5) is 0 Å². The Bertz CT molecular complexity index is 516. The molecule has 1 aromatic carbocycles. The van der Waals surface area contributed by atoms with Crippen LogP contribution < -0.4 is 11.1 Å². The third kappa shape index (κ3) is 8.35. The number of nitrogens with one attached hydrogen (secondary N) is 1. The minimum atomic E-state index is -0.118. The van der Waals surface area contributed by atoms with Crippen molar-refractivity contribution in [3.63, 3.8) is 0 Å². The van der Waals surface area contributed by atoms with Gasteiger partial charge in [-0.25, -0.2) is 4.99 Å². The first-order chi connectivity index (χ1) is 11.6. The summed E-state index contributed by atoms with van der Waals surface area (Å²) in [5, 5.41) is 12.7. The highest BCUT2D eigenvalue weighted by molar-refractivity contribution is 14.0. The van der Waals surface area contributed by atoms with Crippen LogP contribution in [0.1, 0.15) is 30.9 Å². The molecule has 25 heavy (non-hydrogen) atoms. The molecule has 0 saturated carbocycles. The summed E-state index contributed by atoms with van der Waals surface area (Å²) in [5.74, 6) is 0.440. The number of nitrogens with two attached hydrogens (primary N) is 1. The molecule has 1 aliphatic rings. The summed E-state index contributed by atoms with van der Waals surface area (Å²) in [7, 11) is 1.67. The molecule has 1 aromatic rings. The van der Waals surface area contributed by atoms with Gasteiger partial charge in [-0.1, -0.05) is 24.3 Å². The molecular weight excluding hydrogens is 431 g/mol. The van der Waals surface area contributed by atoms with Gasteiger partial charge in [0.25, 0.3) is 0 Å². The normalized spacial score (nSPS) is 17.8. The molecule has 7 heteroatoms. The van der Waals surface area contributed by atoms with E-state index >= 15 is 0 Å². The fraction of sp³-hybridized carbons (Fsp3) is 0.611. The summed E-state index contributed by atoms with van der Waals surface area (Å²) in [6, 6.07) is 8.64. The van der Waals surface area contributed by atoms with E-state index in [1.807, 2.05) is 6.92 Å².